The standard InChI is InChI=1S/C25H23ClFN9O.C24H22FN9O/c1-16-10-17(22-4-5-28-15-31-22)11-20(26)23(16)33-19-3-2-18(29-12-19)13-32-35-25-30-14-21(27)24(34-25)36-6-8-37-9-7-36;25-21-16-29-24(32-23(21)34-10-12-35-13-11-34)33-30-15-19-6-7-20(14-28-19)31-18-4-2-17(3-5-18)22-26-8-1-9-27-22/h2-5,10-15,33H,6-9H2,1H3,(H,30,34,35);1-9,14-16,31H,10-13H2,(H,29,32,33)/b32-13+;30-15+. The predicted molar refractivity (Wildman–Crippen MR) is 272 cm³/mol. The highest BCUT2D eigenvalue weighted by Crippen LogP contribution is 2.33. The normalized spacial score (nSPS) is 13.7. The van der Waals surface area contributed by atoms with E-state index < -0.39 is 11.6 Å². The van der Waals surface area contributed by atoms with Crippen molar-refractivity contribution in [2.45, 2.75) is 6.92 Å². The van der Waals surface area contributed by atoms with Crippen LogP contribution >= 0.6 is 11.6 Å². The van der Waals surface area contributed by atoms with Gasteiger partial charge in [-0.2, -0.15) is 20.2 Å². The van der Waals surface area contributed by atoms with E-state index in [1.807, 2.05) is 77.4 Å². The number of hydrazone groups is 2. The molecule has 2 aliphatic heterocycles. The summed E-state index contributed by atoms with van der Waals surface area (Å²) in [6.45, 7) is 6.39. The van der Waals surface area contributed by atoms with Gasteiger partial charge in [-0.15, -0.1) is 0 Å². The number of hydrogen-bond acceptors (Lipinski definition) is 20. The Morgan fingerprint density at radius 1 is 0.597 bits per heavy atom. The first-order valence-electron chi connectivity index (χ1n) is 22.5. The molecule has 4 N–H and O–H groups in total. The van der Waals surface area contributed by atoms with E-state index in [0.29, 0.717) is 74.8 Å². The van der Waals surface area contributed by atoms with Gasteiger partial charge in [-0.1, -0.05) is 11.6 Å². The molecule has 0 radical (unpaired) electrons. The second kappa shape index (κ2) is 23.7. The Balaban J connectivity index is 0.000000178. The molecule has 2 fully saturated rings. The Labute approximate surface area is 416 Å². The number of anilines is 8. The van der Waals surface area contributed by atoms with E-state index in [-0.39, 0.29) is 23.5 Å². The average Bonchev–Trinajstić information content (AvgIpc) is 3.43. The topological polar surface area (TPSA) is 227 Å². The summed E-state index contributed by atoms with van der Waals surface area (Å²) < 4.78 is 38.9. The van der Waals surface area contributed by atoms with Crippen LogP contribution in [0.15, 0.2) is 133 Å². The molecule has 2 saturated heterocycles. The van der Waals surface area contributed by atoms with Crippen LogP contribution in [0.3, 0.4) is 0 Å². The summed E-state index contributed by atoms with van der Waals surface area (Å²) in [6, 6.07) is 22.7. The largest absolute Gasteiger partial charge is 0.378 e. The zero-order valence-electron chi connectivity index (χ0n) is 38.6. The van der Waals surface area contributed by atoms with Crippen LogP contribution in [0.2, 0.25) is 5.02 Å². The molecule has 6 aromatic heterocycles. The van der Waals surface area contributed by atoms with Crippen LogP contribution < -0.4 is 31.3 Å². The highest BCUT2D eigenvalue weighted by atomic mass is 35.5. The maximum absolute atomic E-state index is 14.2. The Bertz CT molecular complexity index is 3070. The van der Waals surface area contributed by atoms with Crippen LogP contribution in [0.4, 0.5) is 55.1 Å². The van der Waals surface area contributed by atoms with Gasteiger partial charge >= 0.3 is 0 Å². The summed E-state index contributed by atoms with van der Waals surface area (Å²) in [6.07, 6.45) is 15.4. The molecule has 0 spiro atoms. The lowest BCUT2D eigenvalue weighted by molar-refractivity contribution is 0.122. The summed E-state index contributed by atoms with van der Waals surface area (Å²) >= 11 is 6.56. The lowest BCUT2D eigenvalue weighted by atomic mass is 10.1. The first-order valence-corrected chi connectivity index (χ1v) is 22.9. The molecule has 0 saturated carbocycles. The number of morpholine rings is 2. The summed E-state index contributed by atoms with van der Waals surface area (Å²) in [4.78, 5) is 45.5. The van der Waals surface area contributed by atoms with Crippen molar-refractivity contribution in [2.24, 2.45) is 10.2 Å². The first kappa shape index (κ1) is 48.3. The van der Waals surface area contributed by atoms with Gasteiger partial charge in [0.05, 0.1) is 103 Å². The molecule has 72 heavy (non-hydrogen) atoms. The molecule has 0 unspecified atom stereocenters. The van der Waals surface area contributed by atoms with E-state index in [1.165, 1.54) is 12.5 Å². The number of aryl methyl sites for hydroxylation is 1. The number of nitrogens with one attached hydrogen (secondary N) is 4. The van der Waals surface area contributed by atoms with Gasteiger partial charge in [0.2, 0.25) is 11.9 Å². The number of ether oxygens (including phenoxy) is 2. The average molecular weight is 991 g/mol. The maximum Gasteiger partial charge on any atom is 0.245 e. The van der Waals surface area contributed by atoms with E-state index in [2.05, 4.69) is 81.5 Å². The van der Waals surface area contributed by atoms with Crippen LogP contribution in [0.5, 0.6) is 0 Å². The summed E-state index contributed by atoms with van der Waals surface area (Å²) in [5.41, 5.74) is 13.6. The maximum atomic E-state index is 14.2. The fourth-order valence-electron chi connectivity index (χ4n) is 7.21. The molecule has 364 valence electrons. The lowest BCUT2D eigenvalue weighted by Gasteiger charge is -2.27. The minimum Gasteiger partial charge on any atom is -0.378 e. The van der Waals surface area contributed by atoms with Crippen molar-refractivity contribution in [2.75, 3.05) is 83.9 Å². The van der Waals surface area contributed by atoms with Crippen molar-refractivity contribution in [3.63, 3.8) is 0 Å². The first-order chi connectivity index (χ1) is 35.3. The Hall–Kier alpha value is -8.73. The number of pyridine rings is 2. The third-order valence-electron chi connectivity index (χ3n) is 10.8. The van der Waals surface area contributed by atoms with E-state index in [9.17, 15) is 8.78 Å². The molecular weight excluding hydrogens is 946 g/mol. The molecule has 23 heteroatoms. The number of benzene rings is 2. The van der Waals surface area contributed by atoms with Gasteiger partial charge in [0.1, 0.15) is 6.33 Å². The second-order valence-corrected chi connectivity index (χ2v) is 16.2. The van der Waals surface area contributed by atoms with E-state index >= 15 is 0 Å². The molecule has 20 nitrogen and oxygen atoms in total. The van der Waals surface area contributed by atoms with Gasteiger partial charge in [-0.05, 0) is 85.3 Å². The van der Waals surface area contributed by atoms with E-state index in [4.69, 9.17) is 21.1 Å². The van der Waals surface area contributed by atoms with Crippen LogP contribution in [0.25, 0.3) is 22.6 Å². The summed E-state index contributed by atoms with van der Waals surface area (Å²) in [5, 5.41) is 15.4. The van der Waals surface area contributed by atoms with Crippen molar-refractivity contribution in [1.29, 1.82) is 0 Å². The number of rotatable bonds is 14. The SMILES string of the molecule is Cc1cc(-c2ccncn2)cc(Cl)c1Nc1ccc(/C=N/Nc2ncc(F)c(N3CCOCC3)n2)nc1.Fc1cnc(N/N=C/c2ccc(Nc3ccc(-c4ncccn4)cc3)cn2)nc1N1CCOCC1. The van der Waals surface area contributed by atoms with Gasteiger partial charge in [-0.25, -0.2) is 49.5 Å². The summed E-state index contributed by atoms with van der Waals surface area (Å²) in [7, 11) is 0. The highest BCUT2D eigenvalue weighted by molar-refractivity contribution is 6.33. The van der Waals surface area contributed by atoms with Gasteiger partial charge in [0, 0.05) is 61.6 Å². The van der Waals surface area contributed by atoms with Crippen LogP contribution in [-0.4, -0.2) is 115 Å². The monoisotopic (exact) mass is 990 g/mol. The zero-order chi connectivity index (χ0) is 49.5. The second-order valence-electron chi connectivity index (χ2n) is 15.8. The van der Waals surface area contributed by atoms with Crippen molar-refractivity contribution in [3.05, 3.63) is 156 Å². The number of nitrogens with zero attached hydrogens (tertiary/aromatic N) is 14. The molecule has 8 aromatic rings. The van der Waals surface area contributed by atoms with Crippen molar-refractivity contribution >= 4 is 70.3 Å². The molecule has 8 heterocycles. The van der Waals surface area contributed by atoms with E-state index in [0.717, 1.165) is 57.5 Å². The Morgan fingerprint density at radius 3 is 1.67 bits per heavy atom. The fourth-order valence-corrected chi connectivity index (χ4v) is 7.53. The molecular formula is C49H45ClF2N18O2. The van der Waals surface area contributed by atoms with Gasteiger partial charge in [0.25, 0.3) is 0 Å². The third-order valence-corrected chi connectivity index (χ3v) is 11.1. The van der Waals surface area contributed by atoms with Gasteiger partial charge in [0.15, 0.2) is 29.1 Å². The van der Waals surface area contributed by atoms with Crippen molar-refractivity contribution in [1.82, 2.24) is 49.8 Å². The smallest absolute Gasteiger partial charge is 0.245 e. The lowest BCUT2D eigenvalue weighted by Crippen LogP contribution is -2.37. The Kier molecular flexibility index (Phi) is 15.9. The minimum absolute atomic E-state index is 0.188. The molecule has 0 aliphatic carbocycles. The third kappa shape index (κ3) is 12.9. The minimum atomic E-state index is -0.486. The van der Waals surface area contributed by atoms with Gasteiger partial charge in [-0.3, -0.25) is 9.97 Å². The Morgan fingerprint density at radius 2 is 1.15 bits per heavy atom. The predicted octanol–water partition coefficient (Wildman–Crippen LogP) is 7.95. The quantitative estimate of drug-likeness (QED) is 0.0599. The van der Waals surface area contributed by atoms with Crippen LogP contribution in [0.1, 0.15) is 17.0 Å². The highest BCUT2D eigenvalue weighted by Gasteiger charge is 2.19. The molecule has 0 amide bonds. The molecule has 2 aromatic carbocycles. The zero-order valence-corrected chi connectivity index (χ0v) is 39.3. The van der Waals surface area contributed by atoms with Crippen molar-refractivity contribution < 1.29 is 18.3 Å². The molecule has 10 rings (SSSR count). The molecule has 2 aliphatic rings. The van der Waals surface area contributed by atoms with Gasteiger partial charge < -0.3 is 29.9 Å². The van der Waals surface area contributed by atoms with E-state index in [1.54, 1.807) is 49.3 Å². The number of halogens is 3. The number of hydrogen-bond donors (Lipinski definition) is 4. The van der Waals surface area contributed by atoms with Crippen molar-refractivity contribution in [3.8, 4) is 22.6 Å². The van der Waals surface area contributed by atoms with Crippen LogP contribution in [-0.2, 0) is 9.47 Å². The molecule has 0 bridgehead atoms. The van der Waals surface area contributed by atoms with Crippen LogP contribution in [0, 0.1) is 18.6 Å². The number of aromatic nitrogens is 10. The fraction of sp³-hybridized carbons (Fsp3) is 0.184. The molecule has 0 atom stereocenters. The summed E-state index contributed by atoms with van der Waals surface area (Å²) in [5.74, 6) is 0.568.